The molecular formula is C13H24N2OS. The first kappa shape index (κ1) is 14.6. The van der Waals surface area contributed by atoms with E-state index in [0.717, 1.165) is 50.3 Å². The van der Waals surface area contributed by atoms with Gasteiger partial charge >= 0.3 is 0 Å². The lowest BCUT2D eigenvalue weighted by Gasteiger charge is -2.27. The average Bonchev–Trinajstić information content (AvgIpc) is 2.79. The second kappa shape index (κ2) is 7.77. The first-order valence-electron chi connectivity index (χ1n) is 6.47. The van der Waals surface area contributed by atoms with Gasteiger partial charge in [-0.25, -0.2) is 0 Å². The van der Waals surface area contributed by atoms with Crippen LogP contribution in [-0.4, -0.2) is 36.0 Å². The van der Waals surface area contributed by atoms with Crippen LogP contribution in [0, 0.1) is 0 Å². The third-order valence-corrected chi connectivity index (χ3v) is 4.09. The van der Waals surface area contributed by atoms with Gasteiger partial charge in [-0.1, -0.05) is 19.4 Å². The minimum Gasteiger partial charge on any atom is -0.354 e. The number of hydrogen-bond donors (Lipinski definition) is 2. The molecule has 0 aromatic carbocycles. The van der Waals surface area contributed by atoms with Crippen molar-refractivity contribution in [3.8, 4) is 0 Å². The standard InChI is InChI=1S/C13H24N2OS/c1-3-6-13(7-5-8-15-13)12(16)14-9-11-17-10-4-2/h4,15H,2-3,5-11H2,1H3,(H,14,16). The maximum absolute atomic E-state index is 12.2. The summed E-state index contributed by atoms with van der Waals surface area (Å²) in [5.74, 6) is 2.10. The van der Waals surface area contributed by atoms with Crippen LogP contribution >= 0.6 is 11.8 Å². The molecule has 1 aliphatic rings. The second-order valence-electron chi connectivity index (χ2n) is 4.48. The Balaban J connectivity index is 2.30. The van der Waals surface area contributed by atoms with E-state index in [1.54, 1.807) is 11.8 Å². The van der Waals surface area contributed by atoms with E-state index < -0.39 is 0 Å². The predicted octanol–water partition coefficient (Wildman–Crippen LogP) is 1.94. The predicted molar refractivity (Wildman–Crippen MR) is 75.4 cm³/mol. The van der Waals surface area contributed by atoms with Crippen LogP contribution in [-0.2, 0) is 4.79 Å². The molecule has 1 aliphatic heterocycles. The number of rotatable bonds is 8. The fourth-order valence-corrected chi connectivity index (χ4v) is 2.91. The van der Waals surface area contributed by atoms with Crippen LogP contribution in [0.4, 0.5) is 0 Å². The minimum atomic E-state index is -0.280. The first-order chi connectivity index (χ1) is 8.25. The Kier molecular flexibility index (Phi) is 6.66. The molecule has 1 amide bonds. The van der Waals surface area contributed by atoms with E-state index in [1.165, 1.54) is 0 Å². The Hall–Kier alpha value is -0.480. The molecule has 1 saturated heterocycles. The zero-order valence-electron chi connectivity index (χ0n) is 10.8. The molecule has 4 heteroatoms. The van der Waals surface area contributed by atoms with E-state index in [4.69, 9.17) is 0 Å². The van der Waals surface area contributed by atoms with Crippen LogP contribution in [0.1, 0.15) is 32.6 Å². The number of carbonyl (C=O) groups excluding carboxylic acids is 1. The van der Waals surface area contributed by atoms with Gasteiger partial charge in [-0.3, -0.25) is 4.79 Å². The lowest BCUT2D eigenvalue weighted by atomic mass is 9.91. The topological polar surface area (TPSA) is 41.1 Å². The van der Waals surface area contributed by atoms with Crippen molar-refractivity contribution in [2.24, 2.45) is 0 Å². The first-order valence-corrected chi connectivity index (χ1v) is 7.62. The molecule has 1 fully saturated rings. The van der Waals surface area contributed by atoms with Crippen molar-refractivity contribution in [1.29, 1.82) is 0 Å². The Labute approximate surface area is 109 Å². The number of thioether (sulfide) groups is 1. The SMILES string of the molecule is C=CCSCCNC(=O)C1(CCC)CCCN1. The highest BCUT2D eigenvalue weighted by atomic mass is 32.2. The van der Waals surface area contributed by atoms with Crippen molar-refractivity contribution < 1.29 is 4.79 Å². The quantitative estimate of drug-likeness (QED) is 0.515. The molecule has 0 aliphatic carbocycles. The molecule has 0 bridgehead atoms. The van der Waals surface area contributed by atoms with Gasteiger partial charge < -0.3 is 10.6 Å². The number of carbonyl (C=O) groups is 1. The molecule has 1 rings (SSSR count). The highest BCUT2D eigenvalue weighted by molar-refractivity contribution is 7.99. The molecule has 0 aromatic rings. The fraction of sp³-hybridized carbons (Fsp3) is 0.769. The van der Waals surface area contributed by atoms with Crippen molar-refractivity contribution in [2.75, 3.05) is 24.6 Å². The summed E-state index contributed by atoms with van der Waals surface area (Å²) in [7, 11) is 0. The maximum atomic E-state index is 12.2. The highest BCUT2D eigenvalue weighted by Crippen LogP contribution is 2.24. The van der Waals surface area contributed by atoms with Crippen molar-refractivity contribution in [3.63, 3.8) is 0 Å². The summed E-state index contributed by atoms with van der Waals surface area (Å²) in [5.41, 5.74) is -0.280. The van der Waals surface area contributed by atoms with Gasteiger partial charge in [0, 0.05) is 18.1 Å². The molecule has 0 radical (unpaired) electrons. The summed E-state index contributed by atoms with van der Waals surface area (Å²) in [6, 6.07) is 0. The molecule has 98 valence electrons. The van der Waals surface area contributed by atoms with Crippen LogP contribution < -0.4 is 10.6 Å². The summed E-state index contributed by atoms with van der Waals surface area (Å²) in [6.07, 6.45) is 5.97. The van der Waals surface area contributed by atoms with Gasteiger partial charge in [0.1, 0.15) is 0 Å². The van der Waals surface area contributed by atoms with Gasteiger partial charge in [0.2, 0.25) is 5.91 Å². The lowest BCUT2D eigenvalue weighted by molar-refractivity contribution is -0.127. The van der Waals surface area contributed by atoms with Gasteiger partial charge in [0.05, 0.1) is 5.54 Å². The van der Waals surface area contributed by atoms with Gasteiger partial charge in [-0.15, -0.1) is 6.58 Å². The van der Waals surface area contributed by atoms with Crippen molar-refractivity contribution in [2.45, 2.75) is 38.1 Å². The summed E-state index contributed by atoms with van der Waals surface area (Å²) in [4.78, 5) is 12.2. The lowest BCUT2D eigenvalue weighted by Crippen LogP contribution is -2.53. The van der Waals surface area contributed by atoms with Crippen LogP contribution in [0.25, 0.3) is 0 Å². The monoisotopic (exact) mass is 256 g/mol. The normalized spacial score (nSPS) is 23.6. The summed E-state index contributed by atoms with van der Waals surface area (Å²) >= 11 is 1.80. The maximum Gasteiger partial charge on any atom is 0.240 e. The van der Waals surface area contributed by atoms with Crippen molar-refractivity contribution in [1.82, 2.24) is 10.6 Å². The summed E-state index contributed by atoms with van der Waals surface area (Å²) in [5, 5.41) is 6.44. The molecule has 1 heterocycles. The van der Waals surface area contributed by atoms with Gasteiger partial charge in [0.15, 0.2) is 0 Å². The Morgan fingerprint density at radius 2 is 2.47 bits per heavy atom. The molecule has 2 N–H and O–H groups in total. The van der Waals surface area contributed by atoms with E-state index in [1.807, 2.05) is 6.08 Å². The molecule has 0 spiro atoms. The van der Waals surface area contributed by atoms with Gasteiger partial charge in [0.25, 0.3) is 0 Å². The van der Waals surface area contributed by atoms with Crippen LogP contribution in [0.5, 0.6) is 0 Å². The van der Waals surface area contributed by atoms with E-state index in [9.17, 15) is 4.79 Å². The third-order valence-electron chi connectivity index (χ3n) is 3.12. The van der Waals surface area contributed by atoms with Crippen molar-refractivity contribution >= 4 is 17.7 Å². The number of hydrogen-bond acceptors (Lipinski definition) is 3. The Bertz CT molecular complexity index is 250. The Morgan fingerprint density at radius 1 is 1.65 bits per heavy atom. The smallest absolute Gasteiger partial charge is 0.240 e. The van der Waals surface area contributed by atoms with Crippen LogP contribution in [0.15, 0.2) is 12.7 Å². The van der Waals surface area contributed by atoms with Crippen molar-refractivity contribution in [3.05, 3.63) is 12.7 Å². The van der Waals surface area contributed by atoms with Gasteiger partial charge in [-0.2, -0.15) is 11.8 Å². The van der Waals surface area contributed by atoms with E-state index in [0.29, 0.717) is 0 Å². The molecular weight excluding hydrogens is 232 g/mol. The molecule has 3 nitrogen and oxygen atoms in total. The number of amides is 1. The average molecular weight is 256 g/mol. The largest absolute Gasteiger partial charge is 0.354 e. The zero-order valence-corrected chi connectivity index (χ0v) is 11.6. The molecule has 0 saturated carbocycles. The van der Waals surface area contributed by atoms with Gasteiger partial charge in [-0.05, 0) is 25.8 Å². The van der Waals surface area contributed by atoms with Crippen LogP contribution in [0.2, 0.25) is 0 Å². The number of nitrogens with one attached hydrogen (secondary N) is 2. The molecule has 1 unspecified atom stereocenters. The zero-order chi connectivity index (χ0) is 12.6. The van der Waals surface area contributed by atoms with E-state index in [-0.39, 0.29) is 11.4 Å². The highest BCUT2D eigenvalue weighted by Gasteiger charge is 2.39. The molecule has 0 aromatic heterocycles. The summed E-state index contributed by atoms with van der Waals surface area (Å²) < 4.78 is 0. The fourth-order valence-electron chi connectivity index (χ4n) is 2.33. The van der Waals surface area contributed by atoms with E-state index in [2.05, 4.69) is 24.1 Å². The Morgan fingerprint density at radius 3 is 3.06 bits per heavy atom. The minimum absolute atomic E-state index is 0.191. The summed E-state index contributed by atoms with van der Waals surface area (Å²) in [6.45, 7) is 7.53. The molecule has 1 atom stereocenters. The third kappa shape index (κ3) is 4.36. The molecule has 17 heavy (non-hydrogen) atoms. The van der Waals surface area contributed by atoms with E-state index >= 15 is 0 Å². The second-order valence-corrected chi connectivity index (χ2v) is 5.63. The van der Waals surface area contributed by atoms with Crippen LogP contribution in [0.3, 0.4) is 0 Å².